The van der Waals surface area contributed by atoms with Gasteiger partial charge >= 0.3 is 0 Å². The Morgan fingerprint density at radius 1 is 1.06 bits per heavy atom. The van der Waals surface area contributed by atoms with E-state index in [-0.39, 0.29) is 0 Å². The Hall–Kier alpha value is -2.03. The molecule has 0 bridgehead atoms. The second-order valence-electron chi connectivity index (χ2n) is 4.22. The van der Waals surface area contributed by atoms with Crippen LogP contribution in [0.1, 0.15) is 25.0 Å². The summed E-state index contributed by atoms with van der Waals surface area (Å²) in [5.74, 6) is 0.730. The molecule has 3 nitrogen and oxygen atoms in total. The third-order valence-corrected chi connectivity index (χ3v) is 3.08. The molecule has 0 aliphatic rings. The summed E-state index contributed by atoms with van der Waals surface area (Å²) in [4.78, 5) is 4.29. The lowest BCUT2D eigenvalue weighted by molar-refractivity contribution is 1.09. The van der Waals surface area contributed by atoms with Crippen molar-refractivity contribution in [3.8, 4) is 0 Å². The molecule has 0 fully saturated rings. The monoisotopic (exact) mass is 241 g/mol. The van der Waals surface area contributed by atoms with Crippen LogP contribution >= 0.6 is 0 Å². The number of aryl methyl sites for hydroxylation is 2. The number of hydrogen-bond acceptors (Lipinski definition) is 3. The van der Waals surface area contributed by atoms with Gasteiger partial charge in [0.15, 0.2) is 5.82 Å². The molecule has 0 aliphatic carbocycles. The lowest BCUT2D eigenvalue weighted by Gasteiger charge is -2.15. The highest BCUT2D eigenvalue weighted by Crippen LogP contribution is 2.27. The Morgan fingerprint density at radius 2 is 1.72 bits per heavy atom. The van der Waals surface area contributed by atoms with Crippen molar-refractivity contribution in [2.75, 3.05) is 11.1 Å². The van der Waals surface area contributed by atoms with E-state index in [9.17, 15) is 0 Å². The number of nitrogen functional groups attached to an aromatic ring is 1. The van der Waals surface area contributed by atoms with Crippen LogP contribution in [-0.2, 0) is 12.8 Å². The molecule has 1 heterocycles. The molecule has 2 rings (SSSR count). The van der Waals surface area contributed by atoms with Gasteiger partial charge in [-0.1, -0.05) is 32.0 Å². The van der Waals surface area contributed by atoms with Crippen LogP contribution in [0, 0.1) is 0 Å². The van der Waals surface area contributed by atoms with E-state index < -0.39 is 0 Å². The van der Waals surface area contributed by atoms with E-state index in [1.807, 2.05) is 12.1 Å². The number of aromatic nitrogens is 1. The molecule has 0 radical (unpaired) electrons. The summed E-state index contributed by atoms with van der Waals surface area (Å²) < 4.78 is 0. The van der Waals surface area contributed by atoms with Gasteiger partial charge < -0.3 is 11.1 Å². The van der Waals surface area contributed by atoms with Gasteiger partial charge in [-0.05, 0) is 36.1 Å². The summed E-state index contributed by atoms with van der Waals surface area (Å²) in [5.41, 5.74) is 10.3. The molecule has 18 heavy (non-hydrogen) atoms. The Morgan fingerprint density at radius 3 is 2.28 bits per heavy atom. The maximum Gasteiger partial charge on any atom is 0.153 e. The fourth-order valence-electron chi connectivity index (χ4n) is 2.04. The molecule has 0 aliphatic heterocycles. The fourth-order valence-corrected chi connectivity index (χ4v) is 2.04. The molecule has 3 N–H and O–H groups in total. The van der Waals surface area contributed by atoms with Gasteiger partial charge in [-0.15, -0.1) is 0 Å². The minimum atomic E-state index is 0.672. The van der Waals surface area contributed by atoms with Crippen molar-refractivity contribution in [2.45, 2.75) is 26.7 Å². The SMILES string of the molecule is CCc1cccc(CC)c1Nc1ncccc1N. The van der Waals surface area contributed by atoms with Gasteiger partial charge in [-0.2, -0.15) is 0 Å². The summed E-state index contributed by atoms with van der Waals surface area (Å²) >= 11 is 0. The second kappa shape index (κ2) is 5.54. The van der Waals surface area contributed by atoms with Crippen LogP contribution in [0.4, 0.5) is 17.2 Å². The van der Waals surface area contributed by atoms with E-state index >= 15 is 0 Å². The molecule has 0 saturated carbocycles. The first kappa shape index (κ1) is 12.4. The zero-order valence-corrected chi connectivity index (χ0v) is 10.9. The van der Waals surface area contributed by atoms with Crippen LogP contribution in [0.2, 0.25) is 0 Å². The number of nitrogens with zero attached hydrogens (tertiary/aromatic N) is 1. The average Bonchev–Trinajstić information content (AvgIpc) is 2.41. The number of nitrogens with one attached hydrogen (secondary N) is 1. The van der Waals surface area contributed by atoms with E-state index in [4.69, 9.17) is 5.73 Å². The van der Waals surface area contributed by atoms with Crippen LogP contribution in [0.5, 0.6) is 0 Å². The Bertz CT molecular complexity index is 513. The molecule has 0 amide bonds. The maximum atomic E-state index is 5.93. The smallest absolute Gasteiger partial charge is 0.153 e. The zero-order chi connectivity index (χ0) is 13.0. The normalized spacial score (nSPS) is 10.3. The lowest BCUT2D eigenvalue weighted by atomic mass is 10.0. The molecule has 1 aromatic heterocycles. The van der Waals surface area contributed by atoms with Gasteiger partial charge in [0.05, 0.1) is 5.69 Å². The number of rotatable bonds is 4. The molecule has 0 spiro atoms. The van der Waals surface area contributed by atoms with E-state index in [2.05, 4.69) is 42.3 Å². The number of benzene rings is 1. The minimum absolute atomic E-state index is 0.672. The van der Waals surface area contributed by atoms with Crippen LogP contribution in [0.25, 0.3) is 0 Å². The maximum absolute atomic E-state index is 5.93. The first-order valence-corrected chi connectivity index (χ1v) is 6.34. The van der Waals surface area contributed by atoms with Crippen LogP contribution in [0.15, 0.2) is 36.5 Å². The van der Waals surface area contributed by atoms with Crippen molar-refractivity contribution >= 4 is 17.2 Å². The first-order valence-electron chi connectivity index (χ1n) is 6.34. The van der Waals surface area contributed by atoms with E-state index in [0.717, 1.165) is 24.3 Å². The van der Waals surface area contributed by atoms with E-state index in [0.29, 0.717) is 5.69 Å². The van der Waals surface area contributed by atoms with Gasteiger partial charge in [-0.3, -0.25) is 0 Å². The average molecular weight is 241 g/mol. The second-order valence-corrected chi connectivity index (χ2v) is 4.22. The van der Waals surface area contributed by atoms with Crippen molar-refractivity contribution < 1.29 is 0 Å². The molecule has 3 heteroatoms. The number of para-hydroxylation sites is 1. The minimum Gasteiger partial charge on any atom is -0.396 e. The first-order chi connectivity index (χ1) is 8.76. The van der Waals surface area contributed by atoms with E-state index in [1.54, 1.807) is 6.20 Å². The Labute approximate surface area is 108 Å². The largest absolute Gasteiger partial charge is 0.396 e. The summed E-state index contributed by atoms with van der Waals surface area (Å²) in [6.45, 7) is 4.31. The van der Waals surface area contributed by atoms with Crippen molar-refractivity contribution in [2.24, 2.45) is 0 Å². The summed E-state index contributed by atoms with van der Waals surface area (Å²) in [7, 11) is 0. The molecule has 0 saturated heterocycles. The quantitative estimate of drug-likeness (QED) is 0.861. The van der Waals surface area contributed by atoms with E-state index in [1.165, 1.54) is 11.1 Å². The molecule has 0 atom stereocenters. The van der Waals surface area contributed by atoms with Gasteiger partial charge in [-0.25, -0.2) is 4.98 Å². The molecule has 2 aromatic rings. The number of anilines is 3. The number of hydrogen-bond donors (Lipinski definition) is 2. The summed E-state index contributed by atoms with van der Waals surface area (Å²) in [5, 5.41) is 3.38. The van der Waals surface area contributed by atoms with Crippen molar-refractivity contribution in [1.29, 1.82) is 0 Å². The molecular weight excluding hydrogens is 222 g/mol. The van der Waals surface area contributed by atoms with Gasteiger partial charge in [0, 0.05) is 11.9 Å². The lowest BCUT2D eigenvalue weighted by Crippen LogP contribution is -2.03. The topological polar surface area (TPSA) is 50.9 Å². The van der Waals surface area contributed by atoms with Crippen molar-refractivity contribution in [3.63, 3.8) is 0 Å². The third-order valence-electron chi connectivity index (χ3n) is 3.08. The molecular formula is C15H19N3. The van der Waals surface area contributed by atoms with Crippen LogP contribution in [0.3, 0.4) is 0 Å². The summed E-state index contributed by atoms with van der Waals surface area (Å²) in [6, 6.07) is 10.1. The Balaban J connectivity index is 2.42. The van der Waals surface area contributed by atoms with Crippen LogP contribution < -0.4 is 11.1 Å². The standard InChI is InChI=1S/C15H19N3/c1-3-11-7-5-8-12(4-2)14(11)18-15-13(16)9-6-10-17-15/h5-10H,3-4,16H2,1-2H3,(H,17,18). The highest BCUT2D eigenvalue weighted by Gasteiger charge is 2.08. The highest BCUT2D eigenvalue weighted by atomic mass is 15.0. The number of nitrogens with two attached hydrogens (primary N) is 1. The predicted molar refractivity (Wildman–Crippen MR) is 77.1 cm³/mol. The fraction of sp³-hybridized carbons (Fsp3) is 0.267. The zero-order valence-electron chi connectivity index (χ0n) is 10.9. The molecule has 0 unspecified atom stereocenters. The van der Waals surface area contributed by atoms with Gasteiger partial charge in [0.2, 0.25) is 0 Å². The molecule has 94 valence electrons. The molecule has 1 aromatic carbocycles. The third kappa shape index (κ3) is 2.45. The van der Waals surface area contributed by atoms with Crippen molar-refractivity contribution in [3.05, 3.63) is 47.7 Å². The van der Waals surface area contributed by atoms with Gasteiger partial charge in [0.25, 0.3) is 0 Å². The number of pyridine rings is 1. The predicted octanol–water partition coefficient (Wildman–Crippen LogP) is 3.53. The summed E-state index contributed by atoms with van der Waals surface area (Å²) in [6.07, 6.45) is 3.73. The Kier molecular flexibility index (Phi) is 3.82. The van der Waals surface area contributed by atoms with Gasteiger partial charge in [0.1, 0.15) is 0 Å². The van der Waals surface area contributed by atoms with Crippen LogP contribution in [-0.4, -0.2) is 4.98 Å². The highest BCUT2D eigenvalue weighted by molar-refractivity contribution is 5.72. The van der Waals surface area contributed by atoms with Crippen molar-refractivity contribution in [1.82, 2.24) is 4.98 Å².